The van der Waals surface area contributed by atoms with Gasteiger partial charge in [0.15, 0.2) is 9.84 Å². The Kier molecular flexibility index (Phi) is 3.99. The van der Waals surface area contributed by atoms with E-state index in [1.807, 2.05) is 48.3 Å². The lowest BCUT2D eigenvalue weighted by Crippen LogP contribution is -2.18. The van der Waals surface area contributed by atoms with Crippen molar-refractivity contribution in [1.29, 1.82) is 0 Å². The molecule has 5 heteroatoms. The van der Waals surface area contributed by atoms with E-state index in [4.69, 9.17) is 5.73 Å². The van der Waals surface area contributed by atoms with Gasteiger partial charge in [0, 0.05) is 19.8 Å². The van der Waals surface area contributed by atoms with Crippen molar-refractivity contribution in [2.75, 3.05) is 23.9 Å². The second-order valence-electron chi connectivity index (χ2n) is 4.80. The lowest BCUT2D eigenvalue weighted by atomic mass is 10.2. The third-order valence-electron chi connectivity index (χ3n) is 3.12. The van der Waals surface area contributed by atoms with Crippen molar-refractivity contribution < 1.29 is 8.42 Å². The number of anilines is 2. The van der Waals surface area contributed by atoms with E-state index in [1.54, 1.807) is 6.07 Å². The molecule has 0 aliphatic heterocycles. The largest absolute Gasteiger partial charge is 0.396 e. The molecule has 2 N–H and O–H groups in total. The first-order valence-corrected chi connectivity index (χ1v) is 8.12. The van der Waals surface area contributed by atoms with Gasteiger partial charge in [0.25, 0.3) is 0 Å². The summed E-state index contributed by atoms with van der Waals surface area (Å²) < 4.78 is 23.4. The van der Waals surface area contributed by atoms with Crippen molar-refractivity contribution in [3.63, 3.8) is 0 Å². The maximum absolute atomic E-state index is 11.7. The van der Waals surface area contributed by atoms with Crippen molar-refractivity contribution in [2.24, 2.45) is 0 Å². The van der Waals surface area contributed by atoms with Crippen LogP contribution in [0.15, 0.2) is 53.4 Å². The van der Waals surface area contributed by atoms with Gasteiger partial charge in [-0.15, -0.1) is 0 Å². The molecule has 0 fully saturated rings. The molecule has 0 bridgehead atoms. The molecule has 106 valence electrons. The number of nitrogen functional groups attached to an aromatic ring is 1. The molecule has 0 aliphatic rings. The average molecular weight is 290 g/mol. The molecule has 0 heterocycles. The fourth-order valence-corrected chi connectivity index (χ4v) is 2.96. The number of rotatable bonds is 4. The highest BCUT2D eigenvalue weighted by molar-refractivity contribution is 7.90. The van der Waals surface area contributed by atoms with Gasteiger partial charge in [-0.05, 0) is 17.7 Å². The van der Waals surface area contributed by atoms with Crippen LogP contribution in [0.3, 0.4) is 0 Å². The number of sulfone groups is 1. The summed E-state index contributed by atoms with van der Waals surface area (Å²) in [7, 11) is -1.42. The maximum Gasteiger partial charge on any atom is 0.177 e. The highest BCUT2D eigenvalue weighted by Gasteiger charge is 2.16. The van der Waals surface area contributed by atoms with E-state index >= 15 is 0 Å². The third kappa shape index (κ3) is 3.11. The van der Waals surface area contributed by atoms with E-state index in [-0.39, 0.29) is 4.90 Å². The molecule has 0 aromatic heterocycles. The van der Waals surface area contributed by atoms with Crippen molar-refractivity contribution in [3.05, 3.63) is 54.1 Å². The maximum atomic E-state index is 11.7. The standard InChI is InChI=1S/C15H18N2O2S/c1-17(11-12-7-4-3-5-8-12)13-9-6-10-14(15(13)16)20(2,18)19/h3-10H,11,16H2,1-2H3. The molecule has 0 unspecified atom stereocenters. The van der Waals surface area contributed by atoms with Gasteiger partial charge in [-0.25, -0.2) is 8.42 Å². The fraction of sp³-hybridized carbons (Fsp3) is 0.200. The average Bonchev–Trinajstić information content (AvgIpc) is 2.38. The summed E-state index contributed by atoms with van der Waals surface area (Å²) in [4.78, 5) is 2.12. The molecule has 0 spiro atoms. The normalized spacial score (nSPS) is 11.3. The molecular formula is C15H18N2O2S. The van der Waals surface area contributed by atoms with Crippen LogP contribution in [0.5, 0.6) is 0 Å². The molecule has 0 saturated carbocycles. The topological polar surface area (TPSA) is 63.4 Å². The predicted octanol–water partition coefficient (Wildman–Crippen LogP) is 2.31. The molecule has 2 rings (SSSR count). The fourth-order valence-electron chi connectivity index (χ4n) is 2.13. The summed E-state index contributed by atoms with van der Waals surface area (Å²) in [5, 5.41) is 0. The lowest BCUT2D eigenvalue weighted by molar-refractivity contribution is 0.602. The van der Waals surface area contributed by atoms with E-state index < -0.39 is 9.84 Å². The minimum Gasteiger partial charge on any atom is -0.396 e. The molecule has 0 amide bonds. The number of para-hydroxylation sites is 1. The Morgan fingerprint density at radius 2 is 1.70 bits per heavy atom. The Balaban J connectivity index is 2.34. The predicted molar refractivity (Wildman–Crippen MR) is 82.5 cm³/mol. The van der Waals surface area contributed by atoms with Crippen molar-refractivity contribution in [1.82, 2.24) is 0 Å². The second-order valence-corrected chi connectivity index (χ2v) is 6.79. The van der Waals surface area contributed by atoms with Crippen LogP contribution in [0.2, 0.25) is 0 Å². The molecule has 2 aromatic carbocycles. The summed E-state index contributed by atoms with van der Waals surface area (Å²) in [6.07, 6.45) is 1.17. The zero-order chi connectivity index (χ0) is 14.8. The number of benzene rings is 2. The Morgan fingerprint density at radius 1 is 1.05 bits per heavy atom. The van der Waals surface area contributed by atoms with Crippen LogP contribution in [-0.2, 0) is 16.4 Å². The zero-order valence-corrected chi connectivity index (χ0v) is 12.4. The van der Waals surface area contributed by atoms with Crippen molar-refractivity contribution in [2.45, 2.75) is 11.4 Å². The highest BCUT2D eigenvalue weighted by atomic mass is 32.2. The van der Waals surface area contributed by atoms with Crippen LogP contribution in [0.4, 0.5) is 11.4 Å². The highest BCUT2D eigenvalue weighted by Crippen LogP contribution is 2.29. The number of hydrogen-bond donors (Lipinski definition) is 1. The van der Waals surface area contributed by atoms with Crippen LogP contribution in [-0.4, -0.2) is 21.7 Å². The summed E-state index contributed by atoms with van der Waals surface area (Å²) in [6.45, 7) is 0.665. The Labute approximate surface area is 119 Å². The zero-order valence-electron chi connectivity index (χ0n) is 11.6. The van der Waals surface area contributed by atoms with E-state index in [9.17, 15) is 8.42 Å². The van der Waals surface area contributed by atoms with Crippen LogP contribution >= 0.6 is 0 Å². The minimum absolute atomic E-state index is 0.176. The minimum atomic E-state index is -3.31. The SMILES string of the molecule is CN(Cc1ccccc1)c1cccc(S(C)(=O)=O)c1N. The summed E-state index contributed by atoms with van der Waals surface area (Å²) in [5.74, 6) is 0. The summed E-state index contributed by atoms with van der Waals surface area (Å²) in [5.41, 5.74) is 8.16. The van der Waals surface area contributed by atoms with E-state index in [0.29, 0.717) is 12.2 Å². The number of nitrogens with two attached hydrogens (primary N) is 1. The molecule has 0 aliphatic carbocycles. The molecule has 0 radical (unpaired) electrons. The molecule has 20 heavy (non-hydrogen) atoms. The van der Waals surface area contributed by atoms with Gasteiger partial charge in [-0.3, -0.25) is 0 Å². The Hall–Kier alpha value is -2.01. The van der Waals surface area contributed by atoms with E-state index in [1.165, 1.54) is 12.3 Å². The second kappa shape index (κ2) is 5.54. The Bertz CT molecular complexity index is 697. The summed E-state index contributed by atoms with van der Waals surface area (Å²) >= 11 is 0. The summed E-state index contributed by atoms with van der Waals surface area (Å²) in [6, 6.07) is 15.0. The third-order valence-corrected chi connectivity index (χ3v) is 4.27. The smallest absolute Gasteiger partial charge is 0.177 e. The first-order chi connectivity index (χ1) is 9.39. The van der Waals surface area contributed by atoms with Crippen LogP contribution in [0.25, 0.3) is 0 Å². The van der Waals surface area contributed by atoms with Gasteiger partial charge in [0.2, 0.25) is 0 Å². The van der Waals surface area contributed by atoms with Crippen LogP contribution < -0.4 is 10.6 Å². The van der Waals surface area contributed by atoms with Gasteiger partial charge in [-0.1, -0.05) is 36.4 Å². The van der Waals surface area contributed by atoms with Crippen molar-refractivity contribution in [3.8, 4) is 0 Å². The van der Waals surface area contributed by atoms with Gasteiger partial charge in [-0.2, -0.15) is 0 Å². The van der Waals surface area contributed by atoms with Crippen LogP contribution in [0, 0.1) is 0 Å². The molecule has 4 nitrogen and oxygen atoms in total. The quantitative estimate of drug-likeness (QED) is 0.878. The Morgan fingerprint density at radius 3 is 2.30 bits per heavy atom. The van der Waals surface area contributed by atoms with E-state index in [0.717, 1.165) is 11.3 Å². The molecule has 2 aromatic rings. The van der Waals surface area contributed by atoms with Gasteiger partial charge in [0.05, 0.1) is 16.3 Å². The van der Waals surface area contributed by atoms with E-state index in [2.05, 4.69) is 0 Å². The van der Waals surface area contributed by atoms with Gasteiger partial charge in [0.1, 0.15) is 0 Å². The first kappa shape index (κ1) is 14.4. The van der Waals surface area contributed by atoms with Crippen molar-refractivity contribution >= 4 is 21.2 Å². The van der Waals surface area contributed by atoms with Gasteiger partial charge < -0.3 is 10.6 Å². The number of hydrogen-bond acceptors (Lipinski definition) is 4. The molecule has 0 atom stereocenters. The monoisotopic (exact) mass is 290 g/mol. The van der Waals surface area contributed by atoms with Gasteiger partial charge >= 0.3 is 0 Å². The molecule has 0 saturated heterocycles. The molecular weight excluding hydrogens is 272 g/mol. The first-order valence-electron chi connectivity index (χ1n) is 6.23. The lowest BCUT2D eigenvalue weighted by Gasteiger charge is -2.22. The number of nitrogens with zero attached hydrogens (tertiary/aromatic N) is 1. The van der Waals surface area contributed by atoms with Crippen LogP contribution in [0.1, 0.15) is 5.56 Å².